The molecule has 2 aromatic rings. The van der Waals surface area contributed by atoms with Crippen molar-refractivity contribution in [2.75, 3.05) is 20.2 Å². The van der Waals surface area contributed by atoms with Gasteiger partial charge in [0, 0.05) is 0 Å². The van der Waals surface area contributed by atoms with E-state index in [4.69, 9.17) is 23.7 Å². The Hall–Kier alpha value is -2.70. The summed E-state index contributed by atoms with van der Waals surface area (Å²) in [7, 11) is 0. The van der Waals surface area contributed by atoms with E-state index < -0.39 is 6.10 Å². The number of hydrogen-bond acceptors (Lipinski definition) is 6. The SMILES string of the molecule is OC(C1=C[C@H](c2ccc3c(c2)OCO3)OC1)c1ccc2c(c1)OCO2. The standard InChI is InChI=1S/C19H16O6/c20-19(12-2-4-15-18(6-12)25-10-23-15)13-7-16(21-8-13)11-1-3-14-17(5-11)24-9-22-14/h1-7,16,19-20H,8-10H2/t16-,19?/m1/s1. The molecular formula is C19H16O6. The number of hydrogen-bond donors (Lipinski definition) is 1. The fraction of sp³-hybridized carbons (Fsp3) is 0.263. The minimum Gasteiger partial charge on any atom is -0.454 e. The van der Waals surface area contributed by atoms with Crippen molar-refractivity contribution in [1.82, 2.24) is 0 Å². The van der Waals surface area contributed by atoms with Crippen LogP contribution in [-0.2, 0) is 4.74 Å². The van der Waals surface area contributed by atoms with E-state index in [9.17, 15) is 5.11 Å². The lowest BCUT2D eigenvalue weighted by Crippen LogP contribution is -2.03. The van der Waals surface area contributed by atoms with Gasteiger partial charge in [0.15, 0.2) is 23.0 Å². The van der Waals surface area contributed by atoms with Crippen LogP contribution in [0.4, 0.5) is 0 Å². The van der Waals surface area contributed by atoms with Crippen LogP contribution in [0, 0.1) is 0 Å². The lowest BCUT2D eigenvalue weighted by atomic mass is 10.00. The first-order chi connectivity index (χ1) is 12.3. The third-order valence-electron chi connectivity index (χ3n) is 4.58. The summed E-state index contributed by atoms with van der Waals surface area (Å²) in [5.41, 5.74) is 2.55. The maximum Gasteiger partial charge on any atom is 0.231 e. The molecule has 128 valence electrons. The molecule has 1 N–H and O–H groups in total. The van der Waals surface area contributed by atoms with E-state index in [-0.39, 0.29) is 19.7 Å². The van der Waals surface area contributed by atoms with Gasteiger partial charge in [0.05, 0.1) is 6.61 Å². The molecule has 0 spiro atoms. The first-order valence-electron chi connectivity index (χ1n) is 8.07. The second kappa shape index (κ2) is 5.68. The summed E-state index contributed by atoms with van der Waals surface area (Å²) < 4.78 is 27.3. The molecule has 6 nitrogen and oxygen atoms in total. The Labute approximate surface area is 144 Å². The van der Waals surface area contributed by atoms with Crippen LogP contribution in [0.5, 0.6) is 23.0 Å². The summed E-state index contributed by atoms with van der Waals surface area (Å²) in [6, 6.07) is 11.2. The number of ether oxygens (including phenoxy) is 5. The summed E-state index contributed by atoms with van der Waals surface area (Å²) >= 11 is 0. The first kappa shape index (κ1) is 14.6. The van der Waals surface area contributed by atoms with Gasteiger partial charge in [0.25, 0.3) is 0 Å². The number of rotatable bonds is 3. The molecule has 3 aliphatic rings. The zero-order valence-electron chi connectivity index (χ0n) is 13.3. The number of fused-ring (bicyclic) bond motifs is 2. The Balaban J connectivity index is 1.39. The van der Waals surface area contributed by atoms with Gasteiger partial charge in [0.2, 0.25) is 13.6 Å². The van der Waals surface area contributed by atoms with Gasteiger partial charge < -0.3 is 28.8 Å². The van der Waals surface area contributed by atoms with Crippen LogP contribution in [0.2, 0.25) is 0 Å². The van der Waals surface area contributed by atoms with Crippen LogP contribution in [-0.4, -0.2) is 25.3 Å². The highest BCUT2D eigenvalue weighted by molar-refractivity contribution is 5.48. The van der Waals surface area contributed by atoms with Gasteiger partial charge in [-0.15, -0.1) is 0 Å². The Kier molecular flexibility index (Phi) is 3.33. The van der Waals surface area contributed by atoms with Crippen LogP contribution in [0.1, 0.15) is 23.3 Å². The summed E-state index contributed by atoms with van der Waals surface area (Å²) in [6.45, 7) is 0.829. The second-order valence-electron chi connectivity index (χ2n) is 6.10. The molecule has 2 atom stereocenters. The lowest BCUT2D eigenvalue weighted by molar-refractivity contribution is 0.114. The fourth-order valence-corrected chi connectivity index (χ4v) is 3.23. The summed E-state index contributed by atoms with van der Waals surface area (Å²) in [5.74, 6) is 2.82. The molecule has 1 unspecified atom stereocenters. The number of aliphatic hydroxyl groups is 1. The average molecular weight is 340 g/mol. The van der Waals surface area contributed by atoms with Crippen molar-refractivity contribution in [3.05, 3.63) is 59.2 Å². The average Bonchev–Trinajstić information content (AvgIpc) is 3.39. The summed E-state index contributed by atoms with van der Waals surface area (Å²) in [4.78, 5) is 0. The van der Waals surface area contributed by atoms with Gasteiger partial charge >= 0.3 is 0 Å². The zero-order chi connectivity index (χ0) is 16.8. The van der Waals surface area contributed by atoms with Gasteiger partial charge in [-0.05, 0) is 47.0 Å². The maximum absolute atomic E-state index is 10.7. The predicted molar refractivity (Wildman–Crippen MR) is 86.9 cm³/mol. The zero-order valence-corrected chi connectivity index (χ0v) is 13.3. The molecule has 0 saturated carbocycles. The normalized spacial score (nSPS) is 21.3. The van der Waals surface area contributed by atoms with E-state index in [2.05, 4.69) is 0 Å². The Bertz CT molecular complexity index is 859. The first-order valence-corrected chi connectivity index (χ1v) is 8.07. The van der Waals surface area contributed by atoms with Crippen LogP contribution in [0.3, 0.4) is 0 Å². The Morgan fingerprint density at radius 1 is 0.840 bits per heavy atom. The fourth-order valence-electron chi connectivity index (χ4n) is 3.23. The van der Waals surface area contributed by atoms with Gasteiger partial charge in [-0.3, -0.25) is 0 Å². The van der Waals surface area contributed by atoms with Crippen LogP contribution < -0.4 is 18.9 Å². The molecular weight excluding hydrogens is 324 g/mol. The van der Waals surface area contributed by atoms with Crippen molar-refractivity contribution in [1.29, 1.82) is 0 Å². The molecule has 3 heterocycles. The summed E-state index contributed by atoms with van der Waals surface area (Å²) in [6.07, 6.45) is 0.994. The highest BCUT2D eigenvalue weighted by Gasteiger charge is 2.26. The van der Waals surface area contributed by atoms with E-state index in [1.807, 2.05) is 42.5 Å². The molecule has 0 saturated heterocycles. The highest BCUT2D eigenvalue weighted by atomic mass is 16.7. The molecule has 0 bridgehead atoms. The van der Waals surface area contributed by atoms with Crippen molar-refractivity contribution in [2.45, 2.75) is 12.2 Å². The molecule has 5 rings (SSSR count). The van der Waals surface area contributed by atoms with Crippen LogP contribution in [0.25, 0.3) is 0 Å². The smallest absolute Gasteiger partial charge is 0.231 e. The Morgan fingerprint density at radius 3 is 2.32 bits per heavy atom. The predicted octanol–water partition coefficient (Wildman–Crippen LogP) is 2.88. The van der Waals surface area contributed by atoms with E-state index in [0.717, 1.165) is 28.2 Å². The highest BCUT2D eigenvalue weighted by Crippen LogP contribution is 2.40. The quantitative estimate of drug-likeness (QED) is 0.867. The largest absolute Gasteiger partial charge is 0.454 e. The van der Waals surface area contributed by atoms with Crippen LogP contribution >= 0.6 is 0 Å². The molecule has 0 fully saturated rings. The molecule has 0 aliphatic carbocycles. The van der Waals surface area contributed by atoms with Crippen LogP contribution in [0.15, 0.2) is 48.0 Å². The topological polar surface area (TPSA) is 66.4 Å². The minimum atomic E-state index is -0.742. The minimum absolute atomic E-state index is 0.215. The number of aliphatic hydroxyl groups excluding tert-OH is 1. The van der Waals surface area contributed by atoms with Crippen molar-refractivity contribution >= 4 is 0 Å². The molecule has 3 aliphatic heterocycles. The lowest BCUT2D eigenvalue weighted by Gasteiger charge is -2.12. The molecule has 0 amide bonds. The van der Waals surface area contributed by atoms with Gasteiger partial charge in [0.1, 0.15) is 12.2 Å². The molecule has 2 aromatic carbocycles. The molecule has 0 aromatic heterocycles. The van der Waals surface area contributed by atoms with E-state index >= 15 is 0 Å². The van der Waals surface area contributed by atoms with Crippen molar-refractivity contribution < 1.29 is 28.8 Å². The third-order valence-corrected chi connectivity index (χ3v) is 4.58. The van der Waals surface area contributed by atoms with Gasteiger partial charge in [-0.1, -0.05) is 12.1 Å². The summed E-state index contributed by atoms with van der Waals surface area (Å²) in [5, 5.41) is 10.7. The van der Waals surface area contributed by atoms with E-state index in [1.54, 1.807) is 0 Å². The monoisotopic (exact) mass is 340 g/mol. The molecule has 6 heteroatoms. The van der Waals surface area contributed by atoms with E-state index in [1.165, 1.54) is 0 Å². The van der Waals surface area contributed by atoms with Gasteiger partial charge in [-0.2, -0.15) is 0 Å². The van der Waals surface area contributed by atoms with Crippen molar-refractivity contribution in [2.24, 2.45) is 0 Å². The van der Waals surface area contributed by atoms with E-state index in [0.29, 0.717) is 18.1 Å². The maximum atomic E-state index is 10.7. The number of benzene rings is 2. The third kappa shape index (κ3) is 2.50. The van der Waals surface area contributed by atoms with Crippen molar-refractivity contribution in [3.8, 4) is 23.0 Å². The second-order valence-corrected chi connectivity index (χ2v) is 6.10. The molecule has 0 radical (unpaired) electrons. The Morgan fingerprint density at radius 2 is 1.52 bits per heavy atom. The van der Waals surface area contributed by atoms with Crippen molar-refractivity contribution in [3.63, 3.8) is 0 Å². The molecule has 25 heavy (non-hydrogen) atoms. The van der Waals surface area contributed by atoms with Gasteiger partial charge in [-0.25, -0.2) is 0 Å².